The number of fused-ring (bicyclic) bond motifs is 1. The standard InChI is InChI=1S/C24H20ClNO4/c25-20-16-22-21(15-19(20)23(27)26-11-13-28-14-12-26)29-24(30-22,17-7-3-1-4-8-17)18-9-5-2-6-10-18/h1-10,15-16H,11-14H2. The van der Waals surface area contributed by atoms with Crippen molar-refractivity contribution in [3.8, 4) is 11.5 Å². The molecule has 1 fully saturated rings. The number of morpholine rings is 1. The molecule has 0 spiro atoms. The van der Waals surface area contributed by atoms with E-state index in [1.807, 2.05) is 60.7 Å². The van der Waals surface area contributed by atoms with E-state index in [0.29, 0.717) is 48.4 Å². The Morgan fingerprint density at radius 1 is 0.833 bits per heavy atom. The summed E-state index contributed by atoms with van der Waals surface area (Å²) >= 11 is 6.49. The van der Waals surface area contributed by atoms with Crippen LogP contribution in [0.2, 0.25) is 5.02 Å². The zero-order valence-corrected chi connectivity index (χ0v) is 17.0. The molecule has 3 aromatic carbocycles. The first-order valence-electron chi connectivity index (χ1n) is 9.87. The fourth-order valence-corrected chi connectivity index (χ4v) is 4.08. The molecule has 0 unspecified atom stereocenters. The van der Waals surface area contributed by atoms with E-state index in [9.17, 15) is 4.79 Å². The third-order valence-corrected chi connectivity index (χ3v) is 5.69. The van der Waals surface area contributed by atoms with Crippen molar-refractivity contribution < 1.29 is 19.0 Å². The number of benzene rings is 3. The number of carbonyl (C=O) groups excluding carboxylic acids is 1. The molecule has 6 heteroatoms. The molecule has 152 valence electrons. The highest BCUT2D eigenvalue weighted by Gasteiger charge is 2.46. The van der Waals surface area contributed by atoms with Crippen molar-refractivity contribution >= 4 is 17.5 Å². The molecule has 2 aliphatic heterocycles. The van der Waals surface area contributed by atoms with E-state index in [4.69, 9.17) is 25.8 Å². The van der Waals surface area contributed by atoms with Crippen LogP contribution in [0.15, 0.2) is 72.8 Å². The summed E-state index contributed by atoms with van der Waals surface area (Å²) in [7, 11) is 0. The van der Waals surface area contributed by atoms with Crippen molar-refractivity contribution in [3.05, 3.63) is 94.5 Å². The number of halogens is 1. The first kappa shape index (κ1) is 19.0. The van der Waals surface area contributed by atoms with Crippen molar-refractivity contribution in [1.29, 1.82) is 0 Å². The van der Waals surface area contributed by atoms with Gasteiger partial charge >= 0.3 is 5.79 Å². The summed E-state index contributed by atoms with van der Waals surface area (Å²) < 4.78 is 18.1. The van der Waals surface area contributed by atoms with Crippen LogP contribution < -0.4 is 9.47 Å². The van der Waals surface area contributed by atoms with Gasteiger partial charge in [0.1, 0.15) is 0 Å². The van der Waals surface area contributed by atoms with Crippen molar-refractivity contribution in [1.82, 2.24) is 4.90 Å². The maximum absolute atomic E-state index is 13.0. The highest BCUT2D eigenvalue weighted by atomic mass is 35.5. The minimum Gasteiger partial charge on any atom is -0.440 e. The van der Waals surface area contributed by atoms with Gasteiger partial charge in [0.2, 0.25) is 0 Å². The van der Waals surface area contributed by atoms with Crippen LogP contribution in [-0.2, 0) is 10.5 Å². The molecule has 0 atom stereocenters. The number of rotatable bonds is 3. The largest absolute Gasteiger partial charge is 0.440 e. The molecule has 2 heterocycles. The van der Waals surface area contributed by atoms with Gasteiger partial charge in [-0.2, -0.15) is 0 Å². The average molecular weight is 422 g/mol. The first-order chi connectivity index (χ1) is 14.7. The average Bonchev–Trinajstić information content (AvgIpc) is 3.19. The second-order valence-corrected chi connectivity index (χ2v) is 7.64. The van der Waals surface area contributed by atoms with Crippen molar-refractivity contribution in [3.63, 3.8) is 0 Å². The van der Waals surface area contributed by atoms with E-state index < -0.39 is 5.79 Å². The van der Waals surface area contributed by atoms with Crippen LogP contribution in [0.1, 0.15) is 21.5 Å². The van der Waals surface area contributed by atoms with Crippen LogP contribution in [0.25, 0.3) is 0 Å². The highest BCUT2D eigenvalue weighted by molar-refractivity contribution is 6.34. The Balaban J connectivity index is 1.56. The molecule has 1 amide bonds. The zero-order chi connectivity index (χ0) is 20.6. The number of ether oxygens (including phenoxy) is 3. The number of carbonyl (C=O) groups is 1. The van der Waals surface area contributed by atoms with Crippen LogP contribution in [0, 0.1) is 0 Å². The Kier molecular flexibility index (Phi) is 4.85. The molecule has 0 N–H and O–H groups in total. The summed E-state index contributed by atoms with van der Waals surface area (Å²) in [6.45, 7) is 2.14. The Hall–Kier alpha value is -3.02. The summed E-state index contributed by atoms with van der Waals surface area (Å²) in [6, 6.07) is 22.8. The Morgan fingerprint density at radius 2 is 1.37 bits per heavy atom. The molecule has 0 aromatic heterocycles. The van der Waals surface area contributed by atoms with E-state index in [0.717, 1.165) is 11.1 Å². The molecule has 3 aromatic rings. The van der Waals surface area contributed by atoms with E-state index in [1.165, 1.54) is 0 Å². The molecule has 2 aliphatic rings. The second-order valence-electron chi connectivity index (χ2n) is 7.24. The lowest BCUT2D eigenvalue weighted by atomic mass is 9.97. The van der Waals surface area contributed by atoms with Crippen LogP contribution in [0.4, 0.5) is 0 Å². The van der Waals surface area contributed by atoms with Gasteiger partial charge in [0.25, 0.3) is 5.91 Å². The second kappa shape index (κ2) is 7.67. The van der Waals surface area contributed by atoms with Gasteiger partial charge in [-0.05, 0) is 6.07 Å². The Morgan fingerprint density at radius 3 is 1.93 bits per heavy atom. The molecule has 5 nitrogen and oxygen atoms in total. The quantitative estimate of drug-likeness (QED) is 0.625. The molecular weight excluding hydrogens is 402 g/mol. The van der Waals surface area contributed by atoms with Gasteiger partial charge in [0, 0.05) is 30.3 Å². The van der Waals surface area contributed by atoms with Gasteiger partial charge in [0.15, 0.2) is 11.5 Å². The van der Waals surface area contributed by atoms with Crippen LogP contribution in [0.5, 0.6) is 11.5 Å². The lowest BCUT2D eigenvalue weighted by Gasteiger charge is -2.28. The van der Waals surface area contributed by atoms with Gasteiger partial charge in [-0.15, -0.1) is 0 Å². The van der Waals surface area contributed by atoms with Crippen LogP contribution in [-0.4, -0.2) is 37.1 Å². The van der Waals surface area contributed by atoms with Crippen molar-refractivity contribution in [2.75, 3.05) is 26.3 Å². The topological polar surface area (TPSA) is 48.0 Å². The molecule has 1 saturated heterocycles. The minimum absolute atomic E-state index is 0.133. The summed E-state index contributed by atoms with van der Waals surface area (Å²) in [4.78, 5) is 14.8. The lowest BCUT2D eigenvalue weighted by Crippen LogP contribution is -2.40. The van der Waals surface area contributed by atoms with Crippen LogP contribution >= 0.6 is 11.6 Å². The van der Waals surface area contributed by atoms with Crippen LogP contribution in [0.3, 0.4) is 0 Å². The Bertz CT molecular complexity index is 1030. The van der Waals surface area contributed by atoms with Crippen molar-refractivity contribution in [2.24, 2.45) is 0 Å². The number of nitrogens with zero attached hydrogens (tertiary/aromatic N) is 1. The van der Waals surface area contributed by atoms with Crippen molar-refractivity contribution in [2.45, 2.75) is 5.79 Å². The molecular formula is C24H20ClNO4. The van der Waals surface area contributed by atoms with Gasteiger partial charge in [-0.3, -0.25) is 4.79 Å². The van der Waals surface area contributed by atoms with Gasteiger partial charge in [0.05, 0.1) is 23.8 Å². The van der Waals surface area contributed by atoms with E-state index >= 15 is 0 Å². The number of hydrogen-bond donors (Lipinski definition) is 0. The third-order valence-electron chi connectivity index (χ3n) is 5.38. The van der Waals surface area contributed by atoms with Gasteiger partial charge in [-0.25, -0.2) is 0 Å². The van der Waals surface area contributed by atoms with E-state index in [2.05, 4.69) is 0 Å². The first-order valence-corrected chi connectivity index (χ1v) is 10.2. The summed E-state index contributed by atoms with van der Waals surface area (Å²) in [5, 5.41) is 0.339. The molecule has 0 aliphatic carbocycles. The molecule has 0 radical (unpaired) electrons. The maximum Gasteiger partial charge on any atom is 0.305 e. The summed E-state index contributed by atoms with van der Waals surface area (Å²) in [5.41, 5.74) is 2.10. The summed E-state index contributed by atoms with van der Waals surface area (Å²) in [5.74, 6) is -0.281. The fraction of sp³-hybridized carbons (Fsp3) is 0.208. The fourth-order valence-electron chi connectivity index (χ4n) is 3.84. The monoisotopic (exact) mass is 421 g/mol. The van der Waals surface area contributed by atoms with Gasteiger partial charge < -0.3 is 19.1 Å². The minimum atomic E-state index is -1.14. The number of amides is 1. The lowest BCUT2D eigenvalue weighted by molar-refractivity contribution is -0.0459. The third kappa shape index (κ3) is 3.20. The zero-order valence-electron chi connectivity index (χ0n) is 16.2. The predicted octanol–water partition coefficient (Wildman–Crippen LogP) is 4.48. The molecule has 0 saturated carbocycles. The predicted molar refractivity (Wildman–Crippen MR) is 113 cm³/mol. The normalized spacial score (nSPS) is 17.0. The molecule has 30 heavy (non-hydrogen) atoms. The SMILES string of the molecule is O=C(c1cc2c(cc1Cl)OC(c1ccccc1)(c1ccccc1)O2)N1CCOCC1. The maximum atomic E-state index is 13.0. The number of hydrogen-bond acceptors (Lipinski definition) is 4. The smallest absolute Gasteiger partial charge is 0.305 e. The van der Waals surface area contributed by atoms with E-state index in [1.54, 1.807) is 17.0 Å². The van der Waals surface area contributed by atoms with E-state index in [-0.39, 0.29) is 5.91 Å². The van der Waals surface area contributed by atoms with Gasteiger partial charge in [-0.1, -0.05) is 72.3 Å². The summed E-state index contributed by atoms with van der Waals surface area (Å²) in [6.07, 6.45) is 0. The highest BCUT2D eigenvalue weighted by Crippen LogP contribution is 2.49. The molecule has 5 rings (SSSR count). The molecule has 0 bridgehead atoms. The Labute approximate surface area is 179 Å².